The highest BCUT2D eigenvalue weighted by molar-refractivity contribution is 6.16. The van der Waals surface area contributed by atoms with Crippen molar-refractivity contribution in [2.45, 2.75) is 5.92 Å². The minimum Gasteiger partial charge on any atom is -0.383 e. The van der Waals surface area contributed by atoms with Gasteiger partial charge in [0.2, 0.25) is 0 Å². The first kappa shape index (κ1) is 13.1. The molecule has 0 fully saturated rings. The lowest BCUT2D eigenvalue weighted by atomic mass is 9.94. The van der Waals surface area contributed by atoms with Gasteiger partial charge in [-0.2, -0.15) is 5.10 Å². The van der Waals surface area contributed by atoms with Crippen molar-refractivity contribution in [3.05, 3.63) is 65.2 Å². The van der Waals surface area contributed by atoms with E-state index in [9.17, 15) is 0 Å². The monoisotopic (exact) mass is 290 g/mol. The Balaban J connectivity index is 1.81. The SMILES string of the molecule is C1=NNCC1c1ccc2c(c1)C(c1ccccc1)=NCCN2. The van der Waals surface area contributed by atoms with Crippen LogP contribution in [0.1, 0.15) is 22.6 Å². The number of nitrogens with one attached hydrogen (secondary N) is 2. The van der Waals surface area contributed by atoms with Gasteiger partial charge in [-0.15, -0.1) is 0 Å². The second kappa shape index (κ2) is 5.64. The fourth-order valence-corrected chi connectivity index (χ4v) is 2.98. The maximum atomic E-state index is 4.81. The molecule has 4 rings (SSSR count). The average Bonchev–Trinajstić information content (AvgIpc) is 3.03. The largest absolute Gasteiger partial charge is 0.383 e. The van der Waals surface area contributed by atoms with Gasteiger partial charge >= 0.3 is 0 Å². The van der Waals surface area contributed by atoms with Crippen molar-refractivity contribution in [3.8, 4) is 0 Å². The van der Waals surface area contributed by atoms with Crippen molar-refractivity contribution in [2.24, 2.45) is 10.1 Å². The van der Waals surface area contributed by atoms with Crippen LogP contribution in [0.2, 0.25) is 0 Å². The standard InChI is InChI=1S/C18H18N4/c1-2-4-13(5-3-1)18-16-10-14(15-11-21-22-12-15)6-7-17(16)19-8-9-20-18/h1-7,10-11,15,19,22H,8-9,12H2. The molecule has 0 aromatic heterocycles. The Morgan fingerprint density at radius 2 is 1.95 bits per heavy atom. The van der Waals surface area contributed by atoms with E-state index >= 15 is 0 Å². The van der Waals surface area contributed by atoms with E-state index in [2.05, 4.69) is 58.3 Å². The molecule has 4 heteroatoms. The summed E-state index contributed by atoms with van der Waals surface area (Å²) in [6.45, 7) is 2.53. The molecular formula is C18H18N4. The van der Waals surface area contributed by atoms with Crippen LogP contribution in [0.15, 0.2) is 58.6 Å². The first-order valence-electron chi connectivity index (χ1n) is 7.66. The minimum atomic E-state index is 0.338. The summed E-state index contributed by atoms with van der Waals surface area (Å²) in [5.74, 6) is 0.338. The lowest BCUT2D eigenvalue weighted by Gasteiger charge is -2.14. The van der Waals surface area contributed by atoms with Gasteiger partial charge in [0.05, 0.1) is 12.3 Å². The van der Waals surface area contributed by atoms with E-state index in [-0.39, 0.29) is 0 Å². The van der Waals surface area contributed by atoms with E-state index in [1.54, 1.807) is 0 Å². The zero-order chi connectivity index (χ0) is 14.8. The van der Waals surface area contributed by atoms with Crippen molar-refractivity contribution < 1.29 is 0 Å². The molecule has 0 bridgehead atoms. The molecule has 1 unspecified atom stereocenters. The van der Waals surface area contributed by atoms with Crippen LogP contribution < -0.4 is 10.7 Å². The topological polar surface area (TPSA) is 48.8 Å². The highest BCUT2D eigenvalue weighted by Gasteiger charge is 2.19. The Kier molecular flexibility index (Phi) is 3.35. The molecule has 110 valence electrons. The molecule has 1 atom stereocenters. The van der Waals surface area contributed by atoms with Gasteiger partial charge in [-0.3, -0.25) is 4.99 Å². The van der Waals surface area contributed by atoms with Crippen molar-refractivity contribution in [1.29, 1.82) is 0 Å². The molecule has 22 heavy (non-hydrogen) atoms. The third kappa shape index (κ3) is 2.37. The highest BCUT2D eigenvalue weighted by atomic mass is 15.3. The lowest BCUT2D eigenvalue weighted by Crippen LogP contribution is -2.11. The van der Waals surface area contributed by atoms with E-state index in [1.165, 1.54) is 16.7 Å². The van der Waals surface area contributed by atoms with Crippen LogP contribution >= 0.6 is 0 Å². The number of anilines is 1. The normalized spacial score (nSPS) is 19.6. The lowest BCUT2D eigenvalue weighted by molar-refractivity contribution is 0.764. The summed E-state index contributed by atoms with van der Waals surface area (Å²) in [4.78, 5) is 4.81. The number of hydrogen-bond donors (Lipinski definition) is 2. The smallest absolute Gasteiger partial charge is 0.0740 e. The molecule has 0 radical (unpaired) electrons. The van der Waals surface area contributed by atoms with Gasteiger partial charge in [0.25, 0.3) is 0 Å². The molecule has 2 N–H and O–H groups in total. The Bertz CT molecular complexity index is 734. The third-order valence-electron chi connectivity index (χ3n) is 4.13. The Morgan fingerprint density at radius 3 is 2.77 bits per heavy atom. The van der Waals surface area contributed by atoms with Crippen molar-refractivity contribution in [1.82, 2.24) is 5.43 Å². The fraction of sp³-hybridized carbons (Fsp3) is 0.222. The van der Waals surface area contributed by atoms with Crippen molar-refractivity contribution in [3.63, 3.8) is 0 Å². The number of benzodiazepines with no additional fused rings is 1. The number of aliphatic imine (C=N–C) groups is 1. The maximum Gasteiger partial charge on any atom is 0.0740 e. The van der Waals surface area contributed by atoms with Crippen LogP contribution in [-0.4, -0.2) is 31.6 Å². The number of fused-ring (bicyclic) bond motifs is 1. The van der Waals surface area contributed by atoms with Crippen LogP contribution in [0.3, 0.4) is 0 Å². The molecule has 2 heterocycles. The van der Waals surface area contributed by atoms with Gasteiger partial charge < -0.3 is 10.7 Å². The summed E-state index contributed by atoms with van der Waals surface area (Å²) in [6, 6.07) is 17.0. The highest BCUT2D eigenvalue weighted by Crippen LogP contribution is 2.27. The molecule has 0 aliphatic carbocycles. The van der Waals surface area contributed by atoms with E-state index in [0.717, 1.165) is 31.0 Å². The summed E-state index contributed by atoms with van der Waals surface area (Å²) in [5.41, 5.74) is 8.89. The summed E-state index contributed by atoms with van der Waals surface area (Å²) in [6.07, 6.45) is 1.98. The second-order valence-corrected chi connectivity index (χ2v) is 5.58. The van der Waals surface area contributed by atoms with Gasteiger partial charge in [-0.1, -0.05) is 36.4 Å². The number of nitrogens with zero attached hydrogens (tertiary/aromatic N) is 2. The van der Waals surface area contributed by atoms with Crippen LogP contribution in [0.4, 0.5) is 5.69 Å². The first-order valence-corrected chi connectivity index (χ1v) is 7.66. The summed E-state index contributed by atoms with van der Waals surface area (Å²) in [7, 11) is 0. The first-order chi connectivity index (χ1) is 10.9. The Morgan fingerprint density at radius 1 is 1.05 bits per heavy atom. The zero-order valence-electron chi connectivity index (χ0n) is 12.3. The van der Waals surface area contributed by atoms with Gasteiger partial charge in [-0.05, 0) is 17.7 Å². The van der Waals surface area contributed by atoms with Gasteiger partial charge in [0.1, 0.15) is 0 Å². The molecular weight excluding hydrogens is 272 g/mol. The number of hydrogen-bond acceptors (Lipinski definition) is 4. The van der Waals surface area contributed by atoms with Gasteiger partial charge in [0, 0.05) is 42.0 Å². The van der Waals surface area contributed by atoms with Crippen LogP contribution in [0, 0.1) is 0 Å². The Hall–Kier alpha value is -2.62. The van der Waals surface area contributed by atoms with E-state index in [1.807, 2.05) is 12.3 Å². The summed E-state index contributed by atoms with van der Waals surface area (Å²) < 4.78 is 0. The van der Waals surface area contributed by atoms with Crippen LogP contribution in [0.5, 0.6) is 0 Å². The fourth-order valence-electron chi connectivity index (χ4n) is 2.98. The molecule has 2 aliphatic heterocycles. The molecule has 0 amide bonds. The third-order valence-corrected chi connectivity index (χ3v) is 4.13. The average molecular weight is 290 g/mol. The predicted octanol–water partition coefficient (Wildman–Crippen LogP) is 2.62. The quantitative estimate of drug-likeness (QED) is 0.893. The van der Waals surface area contributed by atoms with E-state index < -0.39 is 0 Å². The number of hydrazone groups is 1. The summed E-state index contributed by atoms with van der Waals surface area (Å²) in [5, 5.41) is 7.61. The van der Waals surface area contributed by atoms with Crippen molar-refractivity contribution in [2.75, 3.05) is 25.0 Å². The second-order valence-electron chi connectivity index (χ2n) is 5.58. The molecule has 0 saturated carbocycles. The molecule has 2 aromatic carbocycles. The molecule has 4 nitrogen and oxygen atoms in total. The maximum absolute atomic E-state index is 4.81. The number of benzene rings is 2. The molecule has 0 spiro atoms. The zero-order valence-corrected chi connectivity index (χ0v) is 12.3. The van der Waals surface area contributed by atoms with Gasteiger partial charge in [-0.25, -0.2) is 0 Å². The van der Waals surface area contributed by atoms with Gasteiger partial charge in [0.15, 0.2) is 0 Å². The molecule has 2 aliphatic rings. The minimum absolute atomic E-state index is 0.338. The summed E-state index contributed by atoms with van der Waals surface area (Å²) >= 11 is 0. The van der Waals surface area contributed by atoms with Crippen molar-refractivity contribution >= 4 is 17.6 Å². The number of rotatable bonds is 2. The predicted molar refractivity (Wildman–Crippen MR) is 91.1 cm³/mol. The van der Waals surface area contributed by atoms with E-state index in [0.29, 0.717) is 5.92 Å². The van der Waals surface area contributed by atoms with Crippen LogP contribution in [-0.2, 0) is 0 Å². The van der Waals surface area contributed by atoms with E-state index in [4.69, 9.17) is 4.99 Å². The molecule has 2 aromatic rings. The van der Waals surface area contributed by atoms with Crippen LogP contribution in [0.25, 0.3) is 0 Å². The molecule has 0 saturated heterocycles. The Labute approximate surface area is 130 Å².